The van der Waals surface area contributed by atoms with Gasteiger partial charge < -0.3 is 5.32 Å². The minimum atomic E-state index is -0.200. The van der Waals surface area contributed by atoms with Crippen molar-refractivity contribution >= 4 is 5.69 Å². The molecule has 0 aliphatic heterocycles. The Bertz CT molecular complexity index is 485. The number of hydrogen-bond donors (Lipinski definition) is 1. The van der Waals surface area contributed by atoms with Crippen LogP contribution in [0.3, 0.4) is 0 Å². The topological polar surface area (TPSA) is 29.9 Å². The van der Waals surface area contributed by atoms with Crippen LogP contribution in [0.25, 0.3) is 0 Å². The third-order valence-corrected chi connectivity index (χ3v) is 2.54. The summed E-state index contributed by atoms with van der Waals surface area (Å²) in [6, 6.07) is 4.97. The molecule has 1 heterocycles. The van der Waals surface area contributed by atoms with Crippen LogP contribution in [0.5, 0.6) is 0 Å². The Kier molecular flexibility index (Phi) is 3.42. The highest BCUT2D eigenvalue weighted by molar-refractivity contribution is 5.46. The monoisotopic (exact) mass is 233 g/mol. The van der Waals surface area contributed by atoms with E-state index in [1.54, 1.807) is 4.68 Å². The molecule has 4 heteroatoms. The molecule has 1 N–H and O–H groups in total. The molecule has 0 radical (unpaired) electrons. The molecule has 90 valence electrons. The number of aryl methyl sites for hydroxylation is 2. The standard InChI is InChI=1S/C13H16FN3/c1-10-5-12(14)7-13(6-10)15-4-3-11-8-16-17(2)9-11/h5-9,15H,3-4H2,1-2H3. The average Bonchev–Trinajstić information content (AvgIpc) is 2.63. The van der Waals surface area contributed by atoms with E-state index in [4.69, 9.17) is 0 Å². The summed E-state index contributed by atoms with van der Waals surface area (Å²) >= 11 is 0. The van der Waals surface area contributed by atoms with Crippen molar-refractivity contribution in [2.45, 2.75) is 13.3 Å². The molecule has 17 heavy (non-hydrogen) atoms. The minimum absolute atomic E-state index is 0.200. The molecule has 3 nitrogen and oxygen atoms in total. The van der Waals surface area contributed by atoms with E-state index in [0.29, 0.717) is 0 Å². The first-order valence-electron chi connectivity index (χ1n) is 5.62. The fraction of sp³-hybridized carbons (Fsp3) is 0.308. The van der Waals surface area contributed by atoms with E-state index in [1.165, 1.54) is 17.7 Å². The second-order valence-corrected chi connectivity index (χ2v) is 4.22. The van der Waals surface area contributed by atoms with Gasteiger partial charge in [0.15, 0.2) is 0 Å². The van der Waals surface area contributed by atoms with E-state index in [1.807, 2.05) is 32.4 Å². The number of anilines is 1. The molecule has 0 amide bonds. The van der Waals surface area contributed by atoms with Crippen LogP contribution in [-0.2, 0) is 13.5 Å². The molecule has 0 aliphatic carbocycles. The van der Waals surface area contributed by atoms with Crippen molar-refractivity contribution in [3.63, 3.8) is 0 Å². The Morgan fingerprint density at radius 3 is 2.82 bits per heavy atom. The van der Waals surface area contributed by atoms with Gasteiger partial charge in [0.1, 0.15) is 5.82 Å². The molecule has 0 aliphatic rings. The molecule has 0 unspecified atom stereocenters. The maximum atomic E-state index is 13.1. The number of halogens is 1. The van der Waals surface area contributed by atoms with Crippen molar-refractivity contribution in [3.05, 3.63) is 47.5 Å². The Morgan fingerprint density at radius 2 is 2.18 bits per heavy atom. The van der Waals surface area contributed by atoms with Gasteiger partial charge in [-0.3, -0.25) is 4.68 Å². The lowest BCUT2D eigenvalue weighted by atomic mass is 10.2. The first kappa shape index (κ1) is 11.6. The summed E-state index contributed by atoms with van der Waals surface area (Å²) < 4.78 is 14.9. The second-order valence-electron chi connectivity index (χ2n) is 4.22. The van der Waals surface area contributed by atoms with E-state index < -0.39 is 0 Å². The molecule has 0 atom stereocenters. The highest BCUT2D eigenvalue weighted by Gasteiger charge is 1.99. The van der Waals surface area contributed by atoms with Crippen molar-refractivity contribution in [1.82, 2.24) is 9.78 Å². The summed E-state index contributed by atoms with van der Waals surface area (Å²) in [6.07, 6.45) is 4.71. The molecule has 0 spiro atoms. The zero-order chi connectivity index (χ0) is 12.3. The molecular formula is C13H16FN3. The number of rotatable bonds is 4. The van der Waals surface area contributed by atoms with Crippen LogP contribution in [-0.4, -0.2) is 16.3 Å². The van der Waals surface area contributed by atoms with Crippen molar-refractivity contribution < 1.29 is 4.39 Å². The largest absolute Gasteiger partial charge is 0.385 e. The normalized spacial score (nSPS) is 10.5. The van der Waals surface area contributed by atoms with Gasteiger partial charge in [-0.15, -0.1) is 0 Å². The minimum Gasteiger partial charge on any atom is -0.385 e. The highest BCUT2D eigenvalue weighted by atomic mass is 19.1. The van der Waals surface area contributed by atoms with Gasteiger partial charge in [-0.1, -0.05) is 0 Å². The lowest BCUT2D eigenvalue weighted by molar-refractivity contribution is 0.627. The highest BCUT2D eigenvalue weighted by Crippen LogP contribution is 2.13. The van der Waals surface area contributed by atoms with Gasteiger partial charge >= 0.3 is 0 Å². The van der Waals surface area contributed by atoms with E-state index in [2.05, 4.69) is 10.4 Å². The molecule has 0 bridgehead atoms. The lowest BCUT2D eigenvalue weighted by Gasteiger charge is -2.06. The van der Waals surface area contributed by atoms with Crippen LogP contribution >= 0.6 is 0 Å². The van der Waals surface area contributed by atoms with Crippen LogP contribution < -0.4 is 5.32 Å². The van der Waals surface area contributed by atoms with E-state index in [0.717, 1.165) is 24.2 Å². The van der Waals surface area contributed by atoms with Gasteiger partial charge in [0.05, 0.1) is 6.20 Å². The molecular weight excluding hydrogens is 217 g/mol. The smallest absolute Gasteiger partial charge is 0.125 e. The second kappa shape index (κ2) is 4.99. The third-order valence-electron chi connectivity index (χ3n) is 2.54. The summed E-state index contributed by atoms with van der Waals surface area (Å²) in [5.41, 5.74) is 2.92. The number of nitrogens with one attached hydrogen (secondary N) is 1. The summed E-state index contributed by atoms with van der Waals surface area (Å²) in [4.78, 5) is 0. The molecule has 2 rings (SSSR count). The quantitative estimate of drug-likeness (QED) is 0.879. The van der Waals surface area contributed by atoms with Crippen LogP contribution in [0.15, 0.2) is 30.6 Å². The average molecular weight is 233 g/mol. The van der Waals surface area contributed by atoms with Crippen molar-refractivity contribution in [2.24, 2.45) is 7.05 Å². The van der Waals surface area contributed by atoms with Gasteiger partial charge in [0.25, 0.3) is 0 Å². The first-order valence-corrected chi connectivity index (χ1v) is 5.62. The number of benzene rings is 1. The van der Waals surface area contributed by atoms with Crippen LogP contribution in [0.4, 0.5) is 10.1 Å². The fourth-order valence-electron chi connectivity index (χ4n) is 1.79. The molecule has 0 saturated carbocycles. The Labute approximate surface area is 100 Å². The summed E-state index contributed by atoms with van der Waals surface area (Å²) in [5.74, 6) is -0.200. The van der Waals surface area contributed by atoms with Crippen LogP contribution in [0, 0.1) is 12.7 Å². The zero-order valence-corrected chi connectivity index (χ0v) is 10.1. The van der Waals surface area contributed by atoms with Gasteiger partial charge in [0.2, 0.25) is 0 Å². The molecule has 2 aromatic rings. The van der Waals surface area contributed by atoms with Crippen LogP contribution in [0.1, 0.15) is 11.1 Å². The Balaban J connectivity index is 1.89. The maximum absolute atomic E-state index is 13.1. The van der Waals surface area contributed by atoms with Crippen molar-refractivity contribution in [1.29, 1.82) is 0 Å². The van der Waals surface area contributed by atoms with Gasteiger partial charge in [-0.2, -0.15) is 5.10 Å². The third kappa shape index (κ3) is 3.31. The Morgan fingerprint density at radius 1 is 1.35 bits per heavy atom. The van der Waals surface area contributed by atoms with Gasteiger partial charge in [-0.25, -0.2) is 4.39 Å². The SMILES string of the molecule is Cc1cc(F)cc(NCCc2cnn(C)c2)c1. The molecule has 0 fully saturated rings. The van der Waals surface area contributed by atoms with Gasteiger partial charge in [0, 0.05) is 25.5 Å². The maximum Gasteiger partial charge on any atom is 0.125 e. The number of aromatic nitrogens is 2. The van der Waals surface area contributed by atoms with E-state index in [9.17, 15) is 4.39 Å². The number of nitrogens with zero attached hydrogens (tertiary/aromatic N) is 2. The summed E-state index contributed by atoms with van der Waals surface area (Å²) in [5, 5.41) is 7.31. The van der Waals surface area contributed by atoms with Gasteiger partial charge in [-0.05, 0) is 42.7 Å². The fourth-order valence-corrected chi connectivity index (χ4v) is 1.79. The predicted octanol–water partition coefficient (Wildman–Crippen LogP) is 2.52. The lowest BCUT2D eigenvalue weighted by Crippen LogP contribution is -2.04. The van der Waals surface area contributed by atoms with Crippen molar-refractivity contribution in [2.75, 3.05) is 11.9 Å². The molecule has 1 aromatic heterocycles. The first-order chi connectivity index (χ1) is 8.13. The Hall–Kier alpha value is -1.84. The predicted molar refractivity (Wildman–Crippen MR) is 66.5 cm³/mol. The van der Waals surface area contributed by atoms with E-state index in [-0.39, 0.29) is 5.82 Å². The molecule has 1 aromatic carbocycles. The zero-order valence-electron chi connectivity index (χ0n) is 10.1. The van der Waals surface area contributed by atoms with Crippen molar-refractivity contribution in [3.8, 4) is 0 Å². The molecule has 0 saturated heterocycles. The summed E-state index contributed by atoms with van der Waals surface area (Å²) in [6.45, 7) is 2.66. The van der Waals surface area contributed by atoms with Crippen LogP contribution in [0.2, 0.25) is 0 Å². The number of hydrogen-bond acceptors (Lipinski definition) is 2. The van der Waals surface area contributed by atoms with E-state index >= 15 is 0 Å². The summed E-state index contributed by atoms with van der Waals surface area (Å²) in [7, 11) is 1.90.